The average molecular weight is 419 g/mol. The Morgan fingerprint density at radius 1 is 1.10 bits per heavy atom. The summed E-state index contributed by atoms with van der Waals surface area (Å²) in [5.74, 6) is -0.213. The van der Waals surface area contributed by atoms with Crippen LogP contribution in [0.15, 0.2) is 62.4 Å². The fourth-order valence-electron chi connectivity index (χ4n) is 3.92. The molecule has 2 N–H and O–H groups in total. The Kier molecular flexibility index (Phi) is 5.91. The molecule has 4 rings (SSSR count). The van der Waals surface area contributed by atoms with Gasteiger partial charge in [-0.2, -0.15) is 0 Å². The lowest BCUT2D eigenvalue weighted by molar-refractivity contribution is -0.122. The highest BCUT2D eigenvalue weighted by molar-refractivity contribution is 5.96. The maximum absolute atomic E-state index is 12.6. The van der Waals surface area contributed by atoms with E-state index in [2.05, 4.69) is 5.32 Å². The fourth-order valence-corrected chi connectivity index (χ4v) is 3.92. The van der Waals surface area contributed by atoms with Crippen molar-refractivity contribution in [1.29, 1.82) is 0 Å². The molecule has 0 saturated carbocycles. The van der Waals surface area contributed by atoms with E-state index in [9.17, 15) is 14.7 Å². The van der Waals surface area contributed by atoms with E-state index < -0.39 is 5.63 Å². The van der Waals surface area contributed by atoms with Crippen molar-refractivity contribution in [2.75, 3.05) is 6.61 Å². The Morgan fingerprint density at radius 2 is 1.87 bits per heavy atom. The molecule has 0 saturated heterocycles. The van der Waals surface area contributed by atoms with Crippen LogP contribution in [0.2, 0.25) is 0 Å². The van der Waals surface area contributed by atoms with E-state index in [-0.39, 0.29) is 31.4 Å². The largest absolute Gasteiger partial charge is 0.464 e. The molecule has 160 valence electrons. The van der Waals surface area contributed by atoms with Crippen molar-refractivity contribution in [2.45, 2.75) is 39.2 Å². The van der Waals surface area contributed by atoms with Gasteiger partial charge in [0.1, 0.15) is 11.2 Å². The molecular formula is C25H25NO5. The van der Waals surface area contributed by atoms with Crippen molar-refractivity contribution in [3.63, 3.8) is 0 Å². The van der Waals surface area contributed by atoms with E-state index in [4.69, 9.17) is 8.83 Å². The quantitative estimate of drug-likeness (QED) is 0.445. The lowest BCUT2D eigenvalue weighted by Gasteiger charge is -2.16. The smallest absolute Gasteiger partial charge is 0.339 e. The van der Waals surface area contributed by atoms with Crippen molar-refractivity contribution in [3.05, 3.63) is 81.4 Å². The van der Waals surface area contributed by atoms with Crippen LogP contribution in [0.3, 0.4) is 0 Å². The molecule has 6 nitrogen and oxygen atoms in total. The second kappa shape index (κ2) is 8.78. The molecule has 2 heterocycles. The average Bonchev–Trinajstić information content (AvgIpc) is 3.12. The van der Waals surface area contributed by atoms with Crippen LogP contribution in [0.5, 0.6) is 0 Å². The van der Waals surface area contributed by atoms with E-state index in [1.807, 2.05) is 50.2 Å². The molecule has 2 aromatic heterocycles. The predicted molar refractivity (Wildman–Crippen MR) is 119 cm³/mol. The van der Waals surface area contributed by atoms with Gasteiger partial charge < -0.3 is 19.3 Å². The molecule has 0 bridgehead atoms. The zero-order chi connectivity index (χ0) is 22.0. The summed E-state index contributed by atoms with van der Waals surface area (Å²) in [5.41, 5.74) is 4.05. The highest BCUT2D eigenvalue weighted by atomic mass is 16.4. The maximum atomic E-state index is 12.6. The summed E-state index contributed by atoms with van der Waals surface area (Å²) in [6.45, 7) is 3.68. The molecule has 1 unspecified atom stereocenters. The standard InChI is InChI=1S/C25H25NO5/c1-15-14-30-22-12-23-21(11-20(15)22)16(2)19(25(29)31-23)8-9-24(28)26-18(13-27)10-17-6-4-3-5-7-17/h3-7,11-12,14,18,27H,8-10,13H2,1-2H3,(H,26,28). The molecule has 0 aliphatic rings. The van der Waals surface area contributed by atoms with Gasteiger partial charge in [0.15, 0.2) is 0 Å². The number of hydrogen-bond donors (Lipinski definition) is 2. The minimum absolute atomic E-state index is 0.134. The van der Waals surface area contributed by atoms with Crippen LogP contribution in [0.1, 0.15) is 28.7 Å². The van der Waals surface area contributed by atoms with Crippen LogP contribution in [0, 0.1) is 13.8 Å². The molecule has 0 aliphatic heterocycles. The topological polar surface area (TPSA) is 92.7 Å². The first-order valence-corrected chi connectivity index (χ1v) is 10.3. The molecule has 6 heteroatoms. The third-order valence-corrected chi connectivity index (χ3v) is 5.69. The van der Waals surface area contributed by atoms with E-state index in [1.54, 1.807) is 12.3 Å². The van der Waals surface area contributed by atoms with Gasteiger partial charge in [-0.3, -0.25) is 4.79 Å². The van der Waals surface area contributed by atoms with Gasteiger partial charge >= 0.3 is 5.63 Å². The molecule has 0 radical (unpaired) electrons. The lowest BCUT2D eigenvalue weighted by atomic mass is 10.0. The molecule has 2 aromatic carbocycles. The Bertz CT molecular complexity index is 1290. The number of carbonyl (C=O) groups excluding carboxylic acids is 1. The number of carbonyl (C=O) groups is 1. The number of rotatable bonds is 7. The second-order valence-corrected chi connectivity index (χ2v) is 7.89. The number of aliphatic hydroxyl groups is 1. The fraction of sp³-hybridized carbons (Fsp3) is 0.280. The summed E-state index contributed by atoms with van der Waals surface area (Å²) < 4.78 is 11.0. The third kappa shape index (κ3) is 4.39. The number of fused-ring (bicyclic) bond motifs is 2. The Hall–Kier alpha value is -3.38. The number of benzene rings is 2. The van der Waals surface area contributed by atoms with E-state index >= 15 is 0 Å². The summed E-state index contributed by atoms with van der Waals surface area (Å²) in [7, 11) is 0. The lowest BCUT2D eigenvalue weighted by Crippen LogP contribution is -2.39. The number of aryl methyl sites for hydroxylation is 2. The van der Waals surface area contributed by atoms with Crippen molar-refractivity contribution in [2.24, 2.45) is 0 Å². The van der Waals surface area contributed by atoms with Gasteiger partial charge in [0.25, 0.3) is 0 Å². The SMILES string of the molecule is Cc1coc2cc3oc(=O)c(CCC(=O)NC(CO)Cc4ccccc4)c(C)c3cc12. The monoisotopic (exact) mass is 419 g/mol. The molecule has 1 atom stereocenters. The Morgan fingerprint density at radius 3 is 2.61 bits per heavy atom. The van der Waals surface area contributed by atoms with Gasteiger partial charge in [-0.1, -0.05) is 30.3 Å². The Labute approximate surface area is 179 Å². The summed E-state index contributed by atoms with van der Waals surface area (Å²) >= 11 is 0. The number of furan rings is 1. The molecule has 1 amide bonds. The van der Waals surface area contributed by atoms with Crippen LogP contribution in [-0.4, -0.2) is 23.7 Å². The summed E-state index contributed by atoms with van der Waals surface area (Å²) in [6, 6.07) is 13.0. The number of hydrogen-bond acceptors (Lipinski definition) is 5. The minimum atomic E-state index is -0.441. The molecule has 4 aromatic rings. The van der Waals surface area contributed by atoms with Crippen molar-refractivity contribution < 1.29 is 18.7 Å². The number of amides is 1. The first kappa shape index (κ1) is 20.9. The zero-order valence-electron chi connectivity index (χ0n) is 17.6. The van der Waals surface area contributed by atoms with Gasteiger partial charge in [-0.25, -0.2) is 4.79 Å². The van der Waals surface area contributed by atoms with Crippen LogP contribution in [0.25, 0.3) is 21.9 Å². The van der Waals surface area contributed by atoms with Crippen molar-refractivity contribution in [3.8, 4) is 0 Å². The van der Waals surface area contributed by atoms with Crippen LogP contribution in [-0.2, 0) is 17.6 Å². The van der Waals surface area contributed by atoms with Crippen LogP contribution >= 0.6 is 0 Å². The van der Waals surface area contributed by atoms with Crippen LogP contribution < -0.4 is 10.9 Å². The molecule has 31 heavy (non-hydrogen) atoms. The highest BCUT2D eigenvalue weighted by Crippen LogP contribution is 2.29. The minimum Gasteiger partial charge on any atom is -0.464 e. The third-order valence-electron chi connectivity index (χ3n) is 5.69. The van der Waals surface area contributed by atoms with Gasteiger partial charge in [0.05, 0.1) is 18.9 Å². The van der Waals surface area contributed by atoms with Gasteiger partial charge in [-0.05, 0) is 49.4 Å². The van der Waals surface area contributed by atoms with Gasteiger partial charge in [0.2, 0.25) is 5.91 Å². The summed E-state index contributed by atoms with van der Waals surface area (Å²) in [4.78, 5) is 25.0. The summed E-state index contributed by atoms with van der Waals surface area (Å²) in [5, 5.41) is 14.3. The number of nitrogens with one attached hydrogen (secondary N) is 1. The Balaban J connectivity index is 1.50. The normalized spacial score (nSPS) is 12.4. The van der Waals surface area contributed by atoms with Gasteiger partial charge in [-0.15, -0.1) is 0 Å². The van der Waals surface area contributed by atoms with E-state index in [0.717, 1.165) is 27.5 Å². The molecule has 0 spiro atoms. The zero-order valence-corrected chi connectivity index (χ0v) is 17.6. The molecule has 0 aliphatic carbocycles. The number of aliphatic hydroxyl groups excluding tert-OH is 1. The van der Waals surface area contributed by atoms with E-state index in [1.165, 1.54) is 0 Å². The summed E-state index contributed by atoms with van der Waals surface area (Å²) in [6.07, 6.45) is 2.62. The maximum Gasteiger partial charge on any atom is 0.339 e. The molecular weight excluding hydrogens is 394 g/mol. The van der Waals surface area contributed by atoms with Crippen molar-refractivity contribution in [1.82, 2.24) is 5.32 Å². The second-order valence-electron chi connectivity index (χ2n) is 7.89. The van der Waals surface area contributed by atoms with Crippen LogP contribution in [0.4, 0.5) is 0 Å². The molecule has 0 fully saturated rings. The predicted octanol–water partition coefficient (Wildman–Crippen LogP) is 3.81. The van der Waals surface area contributed by atoms with E-state index in [0.29, 0.717) is 23.2 Å². The highest BCUT2D eigenvalue weighted by Gasteiger charge is 2.17. The first-order valence-electron chi connectivity index (χ1n) is 10.3. The first-order chi connectivity index (χ1) is 15.0. The van der Waals surface area contributed by atoms with Crippen molar-refractivity contribution >= 4 is 27.8 Å². The van der Waals surface area contributed by atoms with Gasteiger partial charge in [0, 0.05) is 28.8 Å².